The normalized spacial score (nSPS) is 21.3. The van der Waals surface area contributed by atoms with Crippen molar-refractivity contribution in [1.29, 1.82) is 0 Å². The molecule has 0 saturated heterocycles. The lowest BCUT2D eigenvalue weighted by Crippen LogP contribution is -2.55. The third-order valence-corrected chi connectivity index (χ3v) is 5.03. The first kappa shape index (κ1) is 15.8. The number of benzene rings is 2. The quantitative estimate of drug-likeness (QED) is 0.826. The number of rotatable bonds is 4. The number of para-hydroxylation sites is 1. The molecule has 0 bridgehead atoms. The number of hydrogen-bond acceptors (Lipinski definition) is 6. The van der Waals surface area contributed by atoms with Gasteiger partial charge in [-0.3, -0.25) is 15.6 Å². The number of nitrogens with two attached hydrogens (primary N) is 1. The summed E-state index contributed by atoms with van der Waals surface area (Å²) in [6.45, 7) is 0. The molecule has 2 aromatic rings. The van der Waals surface area contributed by atoms with Crippen molar-refractivity contribution in [2.45, 2.75) is 5.12 Å². The molecule has 2 heterocycles. The average molecular weight is 350 g/mol. The molecule has 0 aliphatic carbocycles. The Morgan fingerprint density at radius 1 is 1.08 bits per heavy atom. The molecule has 0 amide bonds. The van der Waals surface area contributed by atoms with Crippen molar-refractivity contribution in [3.8, 4) is 11.5 Å². The van der Waals surface area contributed by atoms with Gasteiger partial charge in [-0.1, -0.05) is 30.0 Å². The predicted molar refractivity (Wildman–Crippen MR) is 103 cm³/mol. The number of ether oxygens (including phenoxy) is 1. The van der Waals surface area contributed by atoms with Crippen molar-refractivity contribution in [3.05, 3.63) is 78.3 Å². The van der Waals surface area contributed by atoms with Gasteiger partial charge in [-0.05, 0) is 42.7 Å². The highest BCUT2D eigenvalue weighted by molar-refractivity contribution is 7.99. The summed E-state index contributed by atoms with van der Waals surface area (Å²) in [6, 6.07) is 17.7. The Kier molecular flexibility index (Phi) is 3.99. The van der Waals surface area contributed by atoms with Gasteiger partial charge in [0, 0.05) is 18.0 Å². The highest BCUT2D eigenvalue weighted by Crippen LogP contribution is 2.37. The lowest BCUT2D eigenvalue weighted by atomic mass is 10.1. The standard InChI is InChI=1S/C19H18N4OS/c1-25-19(20)22-18(17-13-21-11-12-23(17)19)14-7-9-16(10-8-14)24-15-5-3-2-4-6-15/h2-13,22H,20H2,1H3. The molecule has 1 unspecified atom stereocenters. The van der Waals surface area contributed by atoms with Gasteiger partial charge in [0.15, 0.2) is 0 Å². The molecule has 4 rings (SSSR count). The summed E-state index contributed by atoms with van der Waals surface area (Å²) < 4.78 is 5.85. The van der Waals surface area contributed by atoms with Crippen molar-refractivity contribution in [2.75, 3.05) is 6.26 Å². The van der Waals surface area contributed by atoms with Crippen LogP contribution in [-0.2, 0) is 0 Å². The van der Waals surface area contributed by atoms with E-state index in [-0.39, 0.29) is 0 Å². The van der Waals surface area contributed by atoms with Crippen LogP contribution in [0.25, 0.3) is 5.70 Å². The summed E-state index contributed by atoms with van der Waals surface area (Å²) in [5.74, 6) is 1.60. The van der Waals surface area contributed by atoms with E-state index in [1.54, 1.807) is 6.20 Å². The van der Waals surface area contributed by atoms with Gasteiger partial charge in [-0.15, -0.1) is 0 Å². The van der Waals surface area contributed by atoms with E-state index in [4.69, 9.17) is 10.5 Å². The first-order chi connectivity index (χ1) is 12.2. The van der Waals surface area contributed by atoms with E-state index in [1.165, 1.54) is 11.8 Å². The molecule has 0 aromatic heterocycles. The van der Waals surface area contributed by atoms with Gasteiger partial charge in [0.25, 0.3) is 0 Å². The Balaban J connectivity index is 1.62. The van der Waals surface area contributed by atoms with Crippen LogP contribution in [0, 0.1) is 0 Å². The van der Waals surface area contributed by atoms with Crippen LogP contribution in [0.2, 0.25) is 0 Å². The maximum Gasteiger partial charge on any atom is 0.218 e. The van der Waals surface area contributed by atoms with Gasteiger partial charge in [0.1, 0.15) is 11.5 Å². The zero-order chi connectivity index (χ0) is 17.3. The van der Waals surface area contributed by atoms with E-state index in [1.807, 2.05) is 78.2 Å². The minimum absolute atomic E-state index is 0.715. The third-order valence-electron chi connectivity index (χ3n) is 4.11. The molecule has 0 spiro atoms. The maximum absolute atomic E-state index is 6.47. The molecule has 5 nitrogen and oxygen atoms in total. The van der Waals surface area contributed by atoms with Crippen molar-refractivity contribution >= 4 is 23.7 Å². The number of nitrogens with zero attached hydrogens (tertiary/aromatic N) is 2. The first-order valence-electron chi connectivity index (χ1n) is 7.89. The molecule has 0 fully saturated rings. The van der Waals surface area contributed by atoms with Gasteiger partial charge in [0.2, 0.25) is 5.12 Å². The number of nitrogens with one attached hydrogen (secondary N) is 1. The molecular weight excluding hydrogens is 332 g/mol. The molecule has 2 aliphatic rings. The fourth-order valence-corrected chi connectivity index (χ4v) is 3.38. The van der Waals surface area contributed by atoms with Gasteiger partial charge in [0.05, 0.1) is 17.6 Å². The Bertz CT molecular complexity index is 861. The Morgan fingerprint density at radius 2 is 1.80 bits per heavy atom. The van der Waals surface area contributed by atoms with Crippen molar-refractivity contribution < 1.29 is 4.74 Å². The number of hydrogen-bond donors (Lipinski definition) is 2. The van der Waals surface area contributed by atoms with Gasteiger partial charge >= 0.3 is 0 Å². The Morgan fingerprint density at radius 3 is 2.52 bits per heavy atom. The number of allylic oxidation sites excluding steroid dienone is 1. The van der Waals surface area contributed by atoms with Gasteiger partial charge in [-0.2, -0.15) is 0 Å². The highest BCUT2D eigenvalue weighted by Gasteiger charge is 2.41. The topological polar surface area (TPSA) is 62.9 Å². The zero-order valence-electron chi connectivity index (χ0n) is 13.7. The smallest absolute Gasteiger partial charge is 0.218 e. The van der Waals surface area contributed by atoms with Gasteiger partial charge in [-0.25, -0.2) is 0 Å². The molecule has 126 valence electrons. The molecule has 2 aromatic carbocycles. The van der Waals surface area contributed by atoms with Gasteiger partial charge < -0.3 is 10.1 Å². The van der Waals surface area contributed by atoms with Crippen LogP contribution in [0.3, 0.4) is 0 Å². The number of fused-ring (bicyclic) bond motifs is 1. The van der Waals surface area contributed by atoms with Crippen LogP contribution in [0.4, 0.5) is 0 Å². The number of aliphatic imine (C=N–C) groups is 1. The van der Waals surface area contributed by atoms with E-state index in [0.29, 0.717) is 0 Å². The second-order valence-electron chi connectivity index (χ2n) is 5.67. The van der Waals surface area contributed by atoms with Crippen LogP contribution in [0.1, 0.15) is 5.56 Å². The molecular formula is C19H18N4OS. The first-order valence-corrected chi connectivity index (χ1v) is 9.11. The number of thioether (sulfide) groups is 1. The maximum atomic E-state index is 6.47. The minimum atomic E-state index is -0.715. The van der Waals surface area contributed by atoms with Crippen molar-refractivity contribution in [2.24, 2.45) is 10.7 Å². The van der Waals surface area contributed by atoms with E-state index in [2.05, 4.69) is 10.3 Å². The monoisotopic (exact) mass is 350 g/mol. The molecule has 3 N–H and O–H groups in total. The van der Waals surface area contributed by atoms with Crippen LogP contribution < -0.4 is 15.8 Å². The molecule has 0 saturated carbocycles. The van der Waals surface area contributed by atoms with Crippen LogP contribution >= 0.6 is 11.8 Å². The fourth-order valence-electron chi connectivity index (χ4n) is 2.82. The SMILES string of the molecule is CSC1(N)NC(c2ccc(Oc3ccccc3)cc2)=C2C=NC=CN21. The minimum Gasteiger partial charge on any atom is -0.457 e. The van der Waals surface area contributed by atoms with E-state index < -0.39 is 5.12 Å². The molecule has 25 heavy (non-hydrogen) atoms. The molecule has 0 radical (unpaired) electrons. The summed E-state index contributed by atoms with van der Waals surface area (Å²) in [6.07, 6.45) is 7.42. The molecule has 2 aliphatic heterocycles. The third kappa shape index (κ3) is 2.90. The Labute approximate surface area is 150 Å². The fraction of sp³-hybridized carbons (Fsp3) is 0.105. The lowest BCUT2D eigenvalue weighted by molar-refractivity contribution is 0.322. The highest BCUT2D eigenvalue weighted by atomic mass is 32.2. The van der Waals surface area contributed by atoms with E-state index in [0.717, 1.165) is 28.5 Å². The summed E-state index contributed by atoms with van der Waals surface area (Å²) in [5.41, 5.74) is 9.41. The second-order valence-corrected chi connectivity index (χ2v) is 6.70. The average Bonchev–Trinajstić information content (AvgIpc) is 2.97. The van der Waals surface area contributed by atoms with Crippen LogP contribution in [0.5, 0.6) is 11.5 Å². The largest absolute Gasteiger partial charge is 0.457 e. The summed E-state index contributed by atoms with van der Waals surface area (Å²) in [4.78, 5) is 6.23. The van der Waals surface area contributed by atoms with Crippen molar-refractivity contribution in [1.82, 2.24) is 10.2 Å². The van der Waals surface area contributed by atoms with Crippen LogP contribution in [-0.4, -0.2) is 22.5 Å². The summed E-state index contributed by atoms with van der Waals surface area (Å²) in [5, 5.41) is 2.69. The molecule has 6 heteroatoms. The van der Waals surface area contributed by atoms with E-state index in [9.17, 15) is 0 Å². The summed E-state index contributed by atoms with van der Waals surface area (Å²) in [7, 11) is 0. The van der Waals surface area contributed by atoms with Crippen LogP contribution in [0.15, 0.2) is 77.7 Å². The molecule has 1 atom stereocenters. The van der Waals surface area contributed by atoms with Crippen molar-refractivity contribution in [3.63, 3.8) is 0 Å². The van der Waals surface area contributed by atoms with E-state index >= 15 is 0 Å². The second kappa shape index (κ2) is 6.31. The lowest BCUT2D eigenvalue weighted by Gasteiger charge is -2.33. The predicted octanol–water partition coefficient (Wildman–Crippen LogP) is 3.54. The summed E-state index contributed by atoms with van der Waals surface area (Å²) >= 11 is 1.54. The Hall–Kier alpha value is -2.70. The zero-order valence-corrected chi connectivity index (χ0v) is 14.5.